The highest BCUT2D eigenvalue weighted by Gasteiger charge is 2.16. The van der Waals surface area contributed by atoms with Gasteiger partial charge in [0.2, 0.25) is 0 Å². The van der Waals surface area contributed by atoms with Crippen molar-refractivity contribution in [2.75, 3.05) is 12.3 Å². The number of nitrogen functional groups attached to an aromatic ring is 1. The summed E-state index contributed by atoms with van der Waals surface area (Å²) in [7, 11) is 0. The maximum atomic E-state index is 6.13. The molecule has 1 aromatic heterocycles. The lowest BCUT2D eigenvalue weighted by Gasteiger charge is -2.18. The summed E-state index contributed by atoms with van der Waals surface area (Å²) in [5.41, 5.74) is 9.84. The first-order chi connectivity index (χ1) is 7.75. The Morgan fingerprint density at radius 3 is 3.12 bits per heavy atom. The van der Waals surface area contributed by atoms with Crippen LogP contribution in [0.1, 0.15) is 11.3 Å². The first kappa shape index (κ1) is 9.87. The molecule has 1 aliphatic rings. The van der Waals surface area contributed by atoms with Crippen molar-refractivity contribution in [2.45, 2.75) is 13.0 Å². The Morgan fingerprint density at radius 2 is 2.25 bits per heavy atom. The van der Waals surface area contributed by atoms with E-state index < -0.39 is 0 Å². The van der Waals surface area contributed by atoms with E-state index in [1.807, 2.05) is 18.2 Å². The molecule has 0 bridgehead atoms. The zero-order chi connectivity index (χ0) is 11.1. The molecule has 2 N–H and O–H groups in total. The molecule has 2 aromatic rings. The second-order valence-corrected chi connectivity index (χ2v) is 4.35. The molecule has 2 heterocycles. The number of ether oxygens (including phenoxy) is 1. The van der Waals surface area contributed by atoms with Crippen molar-refractivity contribution in [3.63, 3.8) is 0 Å². The summed E-state index contributed by atoms with van der Waals surface area (Å²) in [6.07, 6.45) is 0.821. The first-order valence-corrected chi connectivity index (χ1v) is 5.58. The van der Waals surface area contributed by atoms with Crippen LogP contribution < -0.4 is 5.73 Å². The van der Waals surface area contributed by atoms with Crippen LogP contribution in [0.3, 0.4) is 0 Å². The van der Waals surface area contributed by atoms with E-state index in [-0.39, 0.29) is 0 Å². The maximum Gasteiger partial charge on any atom is 0.0755 e. The number of nitrogens with two attached hydrogens (primary N) is 1. The van der Waals surface area contributed by atoms with Gasteiger partial charge in [-0.15, -0.1) is 0 Å². The van der Waals surface area contributed by atoms with Crippen LogP contribution in [-0.2, 0) is 17.8 Å². The molecule has 0 radical (unpaired) electrons. The number of aromatic nitrogens is 1. The molecule has 0 unspecified atom stereocenters. The molecule has 16 heavy (non-hydrogen) atoms. The number of rotatable bonds is 0. The summed E-state index contributed by atoms with van der Waals surface area (Å²) in [6, 6.07) is 5.59. The monoisotopic (exact) mass is 234 g/mol. The lowest BCUT2D eigenvalue weighted by atomic mass is 10.0. The average Bonchev–Trinajstić information content (AvgIpc) is 2.29. The van der Waals surface area contributed by atoms with Crippen LogP contribution in [0.15, 0.2) is 18.2 Å². The van der Waals surface area contributed by atoms with Crippen molar-refractivity contribution in [3.8, 4) is 0 Å². The Kier molecular flexibility index (Phi) is 2.23. The van der Waals surface area contributed by atoms with Gasteiger partial charge in [0.1, 0.15) is 0 Å². The molecule has 1 aromatic carbocycles. The minimum Gasteiger partial charge on any atom is -0.398 e. The van der Waals surface area contributed by atoms with Crippen molar-refractivity contribution in [1.82, 2.24) is 4.98 Å². The molecule has 0 spiro atoms. The molecule has 82 valence electrons. The molecular weight excluding hydrogens is 224 g/mol. The number of fused-ring (bicyclic) bond motifs is 2. The highest BCUT2D eigenvalue weighted by Crippen LogP contribution is 2.30. The van der Waals surface area contributed by atoms with Crippen LogP contribution in [0.25, 0.3) is 10.9 Å². The number of anilines is 1. The number of halogens is 1. The van der Waals surface area contributed by atoms with E-state index in [1.165, 1.54) is 0 Å². The highest BCUT2D eigenvalue weighted by atomic mass is 35.5. The van der Waals surface area contributed by atoms with Gasteiger partial charge in [-0.2, -0.15) is 0 Å². The second kappa shape index (κ2) is 3.61. The Bertz CT molecular complexity index is 568. The summed E-state index contributed by atoms with van der Waals surface area (Å²) in [5.74, 6) is 0. The second-order valence-electron chi connectivity index (χ2n) is 3.91. The molecule has 3 rings (SSSR count). The average molecular weight is 235 g/mol. The molecule has 4 heteroatoms. The Labute approximate surface area is 98.2 Å². The van der Waals surface area contributed by atoms with E-state index in [0.717, 1.165) is 34.3 Å². The summed E-state index contributed by atoms with van der Waals surface area (Å²) in [6.45, 7) is 1.28. The van der Waals surface area contributed by atoms with E-state index in [2.05, 4.69) is 4.98 Å². The molecule has 0 fully saturated rings. The molecule has 0 amide bonds. The number of hydrogen-bond acceptors (Lipinski definition) is 3. The fourth-order valence-electron chi connectivity index (χ4n) is 2.07. The van der Waals surface area contributed by atoms with Gasteiger partial charge in [0.25, 0.3) is 0 Å². The number of nitrogens with zero attached hydrogens (tertiary/aromatic N) is 1. The Balaban J connectivity index is 2.34. The molecule has 0 aliphatic carbocycles. The third-order valence-electron chi connectivity index (χ3n) is 2.91. The molecular formula is C12H11ClN2O. The van der Waals surface area contributed by atoms with Crippen LogP contribution in [0.2, 0.25) is 5.02 Å². The number of pyridine rings is 1. The largest absolute Gasteiger partial charge is 0.398 e. The lowest BCUT2D eigenvalue weighted by Crippen LogP contribution is -2.14. The van der Waals surface area contributed by atoms with Gasteiger partial charge in [-0.3, -0.25) is 4.98 Å². The SMILES string of the molecule is Nc1c2c(nc3cc(Cl)ccc13)CCOC2. The van der Waals surface area contributed by atoms with E-state index in [0.29, 0.717) is 18.2 Å². The quantitative estimate of drug-likeness (QED) is 0.762. The summed E-state index contributed by atoms with van der Waals surface area (Å²) >= 11 is 5.95. The standard InChI is InChI=1S/C12H11ClN2O/c13-7-1-2-8-11(5-7)15-10-3-4-16-6-9(10)12(8)14/h1-2,5H,3-4,6H2,(H2,14,15). The van der Waals surface area contributed by atoms with Crippen LogP contribution in [-0.4, -0.2) is 11.6 Å². The van der Waals surface area contributed by atoms with Gasteiger partial charge < -0.3 is 10.5 Å². The van der Waals surface area contributed by atoms with Crippen LogP contribution >= 0.6 is 11.6 Å². The first-order valence-electron chi connectivity index (χ1n) is 5.20. The van der Waals surface area contributed by atoms with Crippen molar-refractivity contribution >= 4 is 28.2 Å². The summed E-state index contributed by atoms with van der Waals surface area (Å²) < 4.78 is 5.40. The van der Waals surface area contributed by atoms with Gasteiger partial charge in [-0.25, -0.2) is 0 Å². The van der Waals surface area contributed by atoms with E-state index >= 15 is 0 Å². The lowest BCUT2D eigenvalue weighted by molar-refractivity contribution is 0.110. The van der Waals surface area contributed by atoms with E-state index in [9.17, 15) is 0 Å². The van der Waals surface area contributed by atoms with Gasteiger partial charge in [0.15, 0.2) is 0 Å². The molecule has 3 nitrogen and oxygen atoms in total. The molecule has 1 aliphatic heterocycles. The van der Waals surface area contributed by atoms with Crippen molar-refractivity contribution < 1.29 is 4.74 Å². The van der Waals surface area contributed by atoms with Gasteiger partial charge in [0, 0.05) is 28.1 Å². The Morgan fingerprint density at radius 1 is 1.38 bits per heavy atom. The van der Waals surface area contributed by atoms with Gasteiger partial charge >= 0.3 is 0 Å². The molecule has 0 saturated heterocycles. The van der Waals surface area contributed by atoms with Crippen molar-refractivity contribution in [1.29, 1.82) is 0 Å². The minimum atomic E-state index is 0.562. The predicted octanol–water partition coefficient (Wildman–Crippen LogP) is 2.54. The zero-order valence-electron chi connectivity index (χ0n) is 8.66. The molecule has 0 saturated carbocycles. The van der Waals surface area contributed by atoms with Crippen LogP contribution in [0.4, 0.5) is 5.69 Å². The zero-order valence-corrected chi connectivity index (χ0v) is 9.42. The fourth-order valence-corrected chi connectivity index (χ4v) is 2.23. The van der Waals surface area contributed by atoms with Crippen molar-refractivity contribution in [3.05, 3.63) is 34.5 Å². The van der Waals surface area contributed by atoms with Crippen molar-refractivity contribution in [2.24, 2.45) is 0 Å². The number of benzene rings is 1. The van der Waals surface area contributed by atoms with E-state index in [1.54, 1.807) is 0 Å². The smallest absolute Gasteiger partial charge is 0.0755 e. The van der Waals surface area contributed by atoms with E-state index in [4.69, 9.17) is 22.1 Å². The summed E-state index contributed by atoms with van der Waals surface area (Å²) in [5, 5.41) is 1.64. The number of hydrogen-bond donors (Lipinski definition) is 1. The fraction of sp³-hybridized carbons (Fsp3) is 0.250. The third kappa shape index (κ3) is 1.44. The van der Waals surface area contributed by atoms with Crippen LogP contribution in [0.5, 0.6) is 0 Å². The maximum absolute atomic E-state index is 6.13. The topological polar surface area (TPSA) is 48.1 Å². The normalized spacial score (nSPS) is 15.1. The van der Waals surface area contributed by atoms with Gasteiger partial charge in [0.05, 0.1) is 24.4 Å². The van der Waals surface area contributed by atoms with Gasteiger partial charge in [-0.1, -0.05) is 11.6 Å². The predicted molar refractivity (Wildman–Crippen MR) is 64.5 cm³/mol. The minimum absolute atomic E-state index is 0.562. The Hall–Kier alpha value is -1.32. The summed E-state index contributed by atoms with van der Waals surface area (Å²) in [4.78, 5) is 4.59. The highest BCUT2D eigenvalue weighted by molar-refractivity contribution is 6.31. The van der Waals surface area contributed by atoms with Crippen LogP contribution in [0, 0.1) is 0 Å². The third-order valence-corrected chi connectivity index (χ3v) is 3.14. The van der Waals surface area contributed by atoms with Gasteiger partial charge in [-0.05, 0) is 18.2 Å². The molecule has 0 atom stereocenters.